The van der Waals surface area contributed by atoms with Crippen LogP contribution < -0.4 is 0 Å². The maximum Gasteiger partial charge on any atom is 0.160 e. The minimum atomic E-state index is 0.655. The Balaban J connectivity index is 1.00. The van der Waals surface area contributed by atoms with Crippen molar-refractivity contribution in [2.75, 3.05) is 0 Å². The molecular formula is C57H36N4S. The first kappa shape index (κ1) is 35.9. The summed E-state index contributed by atoms with van der Waals surface area (Å²) in [5.41, 5.74) is 14.4. The van der Waals surface area contributed by atoms with Gasteiger partial charge in [-0.25, -0.2) is 14.5 Å². The molecule has 0 aliphatic carbocycles. The van der Waals surface area contributed by atoms with Crippen molar-refractivity contribution in [1.82, 2.24) is 19.6 Å². The van der Waals surface area contributed by atoms with Gasteiger partial charge in [-0.05, 0) is 58.5 Å². The molecule has 0 saturated carbocycles. The van der Waals surface area contributed by atoms with Crippen LogP contribution in [0.5, 0.6) is 0 Å². The Morgan fingerprint density at radius 2 is 0.919 bits per heavy atom. The van der Waals surface area contributed by atoms with E-state index in [4.69, 9.17) is 15.1 Å². The number of rotatable bonds is 7. The van der Waals surface area contributed by atoms with Crippen molar-refractivity contribution in [3.8, 4) is 78.7 Å². The maximum atomic E-state index is 5.49. The molecule has 0 spiro atoms. The van der Waals surface area contributed by atoms with Crippen molar-refractivity contribution in [2.45, 2.75) is 0 Å². The van der Waals surface area contributed by atoms with Gasteiger partial charge in [-0.2, -0.15) is 5.10 Å². The second-order valence-electron chi connectivity index (χ2n) is 15.6. The molecule has 5 heteroatoms. The van der Waals surface area contributed by atoms with Gasteiger partial charge in [-0.15, -0.1) is 11.3 Å². The van der Waals surface area contributed by atoms with Gasteiger partial charge in [-0.3, -0.25) is 0 Å². The van der Waals surface area contributed by atoms with E-state index in [2.05, 4.69) is 217 Å². The first-order chi connectivity index (χ1) is 30.7. The first-order valence-electron chi connectivity index (χ1n) is 20.8. The summed E-state index contributed by atoms with van der Waals surface area (Å²) in [7, 11) is 0. The smallest absolute Gasteiger partial charge is 0.160 e. The fourth-order valence-corrected chi connectivity index (χ4v) is 9.90. The summed E-state index contributed by atoms with van der Waals surface area (Å²) < 4.78 is 4.76. The number of benzene rings is 8. The Kier molecular flexibility index (Phi) is 8.65. The van der Waals surface area contributed by atoms with Crippen LogP contribution in [-0.4, -0.2) is 19.6 Å². The molecule has 8 aromatic carbocycles. The fourth-order valence-electron chi connectivity index (χ4n) is 8.81. The summed E-state index contributed by atoms with van der Waals surface area (Å²) in [6, 6.07) is 77.3. The van der Waals surface area contributed by atoms with Gasteiger partial charge in [0, 0.05) is 58.9 Å². The van der Waals surface area contributed by atoms with E-state index in [9.17, 15) is 0 Å². The molecule has 0 saturated heterocycles. The third kappa shape index (κ3) is 6.26. The van der Waals surface area contributed by atoms with Crippen molar-refractivity contribution >= 4 is 47.8 Å². The number of nitrogens with zero attached hydrogens (tertiary/aromatic N) is 4. The number of hydrogen-bond acceptors (Lipinski definition) is 4. The molecule has 4 aromatic heterocycles. The first-order valence-corrected chi connectivity index (χ1v) is 21.7. The van der Waals surface area contributed by atoms with Crippen molar-refractivity contribution in [1.29, 1.82) is 0 Å². The van der Waals surface area contributed by atoms with Gasteiger partial charge >= 0.3 is 0 Å². The third-order valence-corrected chi connectivity index (χ3v) is 13.0. The van der Waals surface area contributed by atoms with Crippen molar-refractivity contribution in [3.63, 3.8) is 0 Å². The molecule has 0 radical (unpaired) electrons. The number of pyridine rings is 1. The van der Waals surface area contributed by atoms with Crippen LogP contribution in [0.25, 0.3) is 115 Å². The maximum absolute atomic E-state index is 5.49. The summed E-state index contributed by atoms with van der Waals surface area (Å²) in [4.78, 5) is 10.5. The summed E-state index contributed by atoms with van der Waals surface area (Å²) in [5, 5.41) is 10.4. The minimum absolute atomic E-state index is 0.655. The molecule has 0 atom stereocenters. The van der Waals surface area contributed by atoms with Crippen molar-refractivity contribution < 1.29 is 0 Å². The van der Waals surface area contributed by atoms with Crippen LogP contribution in [0.2, 0.25) is 0 Å². The highest BCUT2D eigenvalue weighted by molar-refractivity contribution is 7.25. The van der Waals surface area contributed by atoms with E-state index < -0.39 is 0 Å². The van der Waals surface area contributed by atoms with Crippen LogP contribution >= 0.6 is 11.3 Å². The van der Waals surface area contributed by atoms with Crippen molar-refractivity contribution in [2.24, 2.45) is 0 Å². The van der Waals surface area contributed by atoms with E-state index in [0.717, 1.165) is 72.6 Å². The van der Waals surface area contributed by atoms with Crippen LogP contribution in [0.3, 0.4) is 0 Å². The topological polar surface area (TPSA) is 43.1 Å². The predicted molar refractivity (Wildman–Crippen MR) is 259 cm³/mol. The molecule has 4 heterocycles. The zero-order chi connectivity index (χ0) is 41.0. The summed E-state index contributed by atoms with van der Waals surface area (Å²) in [6.45, 7) is 0. The minimum Gasteiger partial charge on any atom is -0.231 e. The summed E-state index contributed by atoms with van der Waals surface area (Å²) >= 11 is 1.85. The molecule has 0 aliphatic rings. The molecule has 12 aromatic rings. The molecule has 0 fully saturated rings. The average molecular weight is 809 g/mol. The van der Waals surface area contributed by atoms with Crippen LogP contribution in [0, 0.1) is 0 Å². The van der Waals surface area contributed by atoms with E-state index >= 15 is 0 Å². The third-order valence-electron chi connectivity index (χ3n) is 11.8. The standard InChI is InChI=1S/C57H36N4S/c1-4-15-38(16-5-1)49-36-50(39-29-27-37(28-30-39)42-31-32-53-48(34-42)47-25-12-13-26-52(47)62-53)59-57(58-49)45-23-14-22-44(33-45)55-54(41-19-8-3-9-20-41)56-46-24-11-10-21-43(46)35-51(61(56)60-55)40-17-6-2-7-18-40/h1-36H. The summed E-state index contributed by atoms with van der Waals surface area (Å²) in [6.07, 6.45) is 0. The highest BCUT2D eigenvalue weighted by Crippen LogP contribution is 2.42. The molecule has 0 unspecified atom stereocenters. The number of aromatic nitrogens is 4. The van der Waals surface area contributed by atoms with Gasteiger partial charge < -0.3 is 0 Å². The van der Waals surface area contributed by atoms with Gasteiger partial charge in [0.25, 0.3) is 0 Å². The highest BCUT2D eigenvalue weighted by Gasteiger charge is 2.22. The lowest BCUT2D eigenvalue weighted by molar-refractivity contribution is 0.979. The SMILES string of the molecule is c1ccc(-c2cc(-c3ccc(-c4ccc5sc6ccccc6c5c4)cc3)nc(-c3cccc(-c4nn5c(-c6ccccc6)cc6ccccc6c5c4-c4ccccc4)c3)n2)cc1. The molecule has 0 amide bonds. The van der Waals surface area contributed by atoms with Crippen molar-refractivity contribution in [3.05, 3.63) is 218 Å². The molecule has 290 valence electrons. The number of hydrogen-bond donors (Lipinski definition) is 0. The van der Waals surface area contributed by atoms with Gasteiger partial charge in [0.2, 0.25) is 0 Å². The Bertz CT molecular complexity index is 3610. The average Bonchev–Trinajstić information content (AvgIpc) is 3.94. The van der Waals surface area contributed by atoms with E-state index in [1.807, 2.05) is 17.4 Å². The normalized spacial score (nSPS) is 11.5. The molecule has 0 aliphatic heterocycles. The molecular weight excluding hydrogens is 773 g/mol. The van der Waals surface area contributed by atoms with E-state index in [1.165, 1.54) is 36.7 Å². The Hall–Kier alpha value is -7.99. The number of fused-ring (bicyclic) bond motifs is 6. The van der Waals surface area contributed by atoms with Crippen LogP contribution in [-0.2, 0) is 0 Å². The van der Waals surface area contributed by atoms with Crippen LogP contribution in [0.4, 0.5) is 0 Å². The van der Waals surface area contributed by atoms with E-state index in [-0.39, 0.29) is 0 Å². The number of thiophene rings is 1. The quantitative estimate of drug-likeness (QED) is 0.161. The molecule has 4 nitrogen and oxygen atoms in total. The Labute approximate surface area is 362 Å². The molecule has 0 bridgehead atoms. The molecule has 62 heavy (non-hydrogen) atoms. The zero-order valence-electron chi connectivity index (χ0n) is 33.5. The van der Waals surface area contributed by atoms with Crippen LogP contribution in [0.15, 0.2) is 218 Å². The fraction of sp³-hybridized carbons (Fsp3) is 0. The van der Waals surface area contributed by atoms with Gasteiger partial charge in [-0.1, -0.05) is 182 Å². The lowest BCUT2D eigenvalue weighted by atomic mass is 9.96. The molecule has 12 rings (SSSR count). The monoisotopic (exact) mass is 808 g/mol. The van der Waals surface area contributed by atoms with Gasteiger partial charge in [0.1, 0.15) is 5.69 Å². The molecule has 0 N–H and O–H groups in total. The lowest BCUT2D eigenvalue weighted by Gasteiger charge is -2.11. The second kappa shape index (κ2) is 14.9. The van der Waals surface area contributed by atoms with Crippen LogP contribution in [0.1, 0.15) is 0 Å². The largest absolute Gasteiger partial charge is 0.231 e. The Morgan fingerprint density at radius 1 is 0.355 bits per heavy atom. The summed E-state index contributed by atoms with van der Waals surface area (Å²) in [5.74, 6) is 0.655. The lowest BCUT2D eigenvalue weighted by Crippen LogP contribution is -1.96. The Morgan fingerprint density at radius 3 is 1.68 bits per heavy atom. The van der Waals surface area contributed by atoms with Gasteiger partial charge in [0.15, 0.2) is 5.82 Å². The highest BCUT2D eigenvalue weighted by atomic mass is 32.1. The van der Waals surface area contributed by atoms with Gasteiger partial charge in [0.05, 0.1) is 22.6 Å². The second-order valence-corrected chi connectivity index (χ2v) is 16.7. The zero-order valence-corrected chi connectivity index (χ0v) is 34.3. The van der Waals surface area contributed by atoms with E-state index in [1.54, 1.807) is 0 Å². The predicted octanol–water partition coefficient (Wildman–Crippen LogP) is 15.3. The van der Waals surface area contributed by atoms with E-state index in [0.29, 0.717) is 5.82 Å².